The highest BCUT2D eigenvalue weighted by molar-refractivity contribution is 9.10. The lowest BCUT2D eigenvalue weighted by Gasteiger charge is -2.24. The van der Waals surface area contributed by atoms with Gasteiger partial charge in [-0.2, -0.15) is 4.98 Å². The fourth-order valence-electron chi connectivity index (χ4n) is 2.04. The lowest BCUT2D eigenvalue weighted by atomic mass is 10.2. The minimum atomic E-state index is -2.92. The Kier molecular flexibility index (Phi) is 4.62. The minimum absolute atomic E-state index is 0.0839. The molecular weight excluding hydrogens is 332 g/mol. The highest BCUT2D eigenvalue weighted by atomic mass is 79.9. The van der Waals surface area contributed by atoms with Gasteiger partial charge in [0.1, 0.15) is 5.82 Å². The average molecular weight is 349 g/mol. The number of nitrogens with zero attached hydrogens (tertiary/aromatic N) is 2. The Morgan fingerprint density at radius 1 is 1.53 bits per heavy atom. The quantitative estimate of drug-likeness (QED) is 0.860. The Morgan fingerprint density at radius 2 is 2.32 bits per heavy atom. The van der Waals surface area contributed by atoms with Gasteiger partial charge in [0.25, 0.3) is 0 Å². The fraction of sp³-hybridized carbons (Fsp3) is 0.636. The van der Waals surface area contributed by atoms with Crippen LogP contribution in [0.2, 0.25) is 0 Å². The molecule has 0 aromatic carbocycles. The van der Waals surface area contributed by atoms with Gasteiger partial charge in [0.05, 0.1) is 16.0 Å². The van der Waals surface area contributed by atoms with Gasteiger partial charge in [-0.15, -0.1) is 0 Å². The van der Waals surface area contributed by atoms with Gasteiger partial charge in [-0.3, -0.25) is 0 Å². The minimum Gasteiger partial charge on any atom is -0.365 e. The monoisotopic (exact) mass is 348 g/mol. The molecule has 6 nitrogen and oxygen atoms in total. The summed E-state index contributed by atoms with van der Waals surface area (Å²) in [5.74, 6) is 1.62. The Morgan fingerprint density at radius 3 is 3.00 bits per heavy atom. The number of anilines is 2. The molecule has 19 heavy (non-hydrogen) atoms. The second kappa shape index (κ2) is 6.04. The topological polar surface area (TPSA) is 84.0 Å². The van der Waals surface area contributed by atoms with Gasteiger partial charge in [-0.1, -0.05) is 0 Å². The van der Waals surface area contributed by atoms with Crippen LogP contribution in [-0.2, 0) is 9.84 Å². The number of nitrogens with one attached hydrogen (secondary N) is 2. The van der Waals surface area contributed by atoms with Crippen LogP contribution in [-0.4, -0.2) is 42.5 Å². The maximum absolute atomic E-state index is 11.6. The summed E-state index contributed by atoms with van der Waals surface area (Å²) >= 11 is 3.37. The second-order valence-corrected chi connectivity index (χ2v) is 7.60. The third kappa shape index (κ3) is 4.04. The van der Waals surface area contributed by atoms with Gasteiger partial charge in [-0.25, -0.2) is 13.4 Å². The van der Waals surface area contributed by atoms with E-state index in [0.29, 0.717) is 23.9 Å². The van der Waals surface area contributed by atoms with E-state index in [4.69, 9.17) is 0 Å². The molecule has 0 radical (unpaired) electrons. The van der Waals surface area contributed by atoms with E-state index in [2.05, 4.69) is 36.5 Å². The van der Waals surface area contributed by atoms with Crippen molar-refractivity contribution in [1.29, 1.82) is 0 Å². The first-order valence-corrected chi connectivity index (χ1v) is 8.85. The lowest BCUT2D eigenvalue weighted by molar-refractivity contribution is 0.561. The van der Waals surface area contributed by atoms with Crippen molar-refractivity contribution in [1.82, 2.24) is 9.97 Å². The molecule has 2 heterocycles. The van der Waals surface area contributed by atoms with Crippen LogP contribution in [0.15, 0.2) is 10.7 Å². The third-order valence-electron chi connectivity index (χ3n) is 2.88. The molecule has 0 amide bonds. The van der Waals surface area contributed by atoms with E-state index in [1.54, 1.807) is 6.20 Å². The van der Waals surface area contributed by atoms with Crippen molar-refractivity contribution in [2.75, 3.05) is 28.7 Å². The standard InChI is InChI=1S/C11H17BrN4O2S/c1-2-13-11-14-6-9(12)10(16-11)15-8-4-3-5-19(17,18)7-8/h6,8H,2-5,7H2,1H3,(H2,13,14,15,16). The molecule has 106 valence electrons. The van der Waals surface area contributed by atoms with Gasteiger partial charge in [0.2, 0.25) is 5.95 Å². The van der Waals surface area contributed by atoms with Crippen molar-refractivity contribution in [2.45, 2.75) is 25.8 Å². The van der Waals surface area contributed by atoms with Gasteiger partial charge in [-0.05, 0) is 35.7 Å². The van der Waals surface area contributed by atoms with Crippen LogP contribution in [0.4, 0.5) is 11.8 Å². The van der Waals surface area contributed by atoms with E-state index in [1.165, 1.54) is 0 Å². The Bertz CT molecular complexity index is 550. The molecule has 1 atom stereocenters. The molecule has 0 spiro atoms. The number of rotatable bonds is 4. The van der Waals surface area contributed by atoms with Crippen LogP contribution in [0.1, 0.15) is 19.8 Å². The molecule has 0 aliphatic carbocycles. The molecule has 1 aromatic rings. The molecule has 1 aromatic heterocycles. The number of aromatic nitrogens is 2. The fourth-order valence-corrected chi connectivity index (χ4v) is 3.98. The van der Waals surface area contributed by atoms with Crippen molar-refractivity contribution in [3.8, 4) is 0 Å². The van der Waals surface area contributed by atoms with E-state index in [1.807, 2.05) is 6.92 Å². The largest absolute Gasteiger partial charge is 0.365 e. The van der Waals surface area contributed by atoms with E-state index in [0.717, 1.165) is 17.4 Å². The molecular formula is C11H17BrN4O2S. The van der Waals surface area contributed by atoms with Crippen molar-refractivity contribution >= 4 is 37.5 Å². The SMILES string of the molecule is CCNc1ncc(Br)c(NC2CCCS(=O)(=O)C2)n1. The van der Waals surface area contributed by atoms with Crippen LogP contribution in [0, 0.1) is 0 Å². The summed E-state index contributed by atoms with van der Waals surface area (Å²) in [5, 5.41) is 6.21. The van der Waals surface area contributed by atoms with Crippen molar-refractivity contribution in [3.05, 3.63) is 10.7 Å². The van der Waals surface area contributed by atoms with E-state index in [9.17, 15) is 8.42 Å². The Balaban J connectivity index is 2.11. The zero-order chi connectivity index (χ0) is 13.9. The molecule has 2 rings (SSSR count). The summed E-state index contributed by atoms with van der Waals surface area (Å²) in [5.41, 5.74) is 0. The number of hydrogen-bond acceptors (Lipinski definition) is 6. The van der Waals surface area contributed by atoms with Gasteiger partial charge in [0, 0.05) is 18.8 Å². The van der Waals surface area contributed by atoms with Crippen molar-refractivity contribution < 1.29 is 8.42 Å². The first-order chi connectivity index (χ1) is 9.00. The average Bonchev–Trinajstić information content (AvgIpc) is 2.32. The van der Waals surface area contributed by atoms with Crippen molar-refractivity contribution in [3.63, 3.8) is 0 Å². The lowest BCUT2D eigenvalue weighted by Crippen LogP contribution is -2.35. The number of sulfone groups is 1. The van der Waals surface area contributed by atoms with Gasteiger partial charge < -0.3 is 10.6 Å². The van der Waals surface area contributed by atoms with Crippen molar-refractivity contribution in [2.24, 2.45) is 0 Å². The van der Waals surface area contributed by atoms with E-state index >= 15 is 0 Å². The molecule has 1 saturated heterocycles. The summed E-state index contributed by atoms with van der Waals surface area (Å²) in [6, 6.07) is -0.0839. The Labute approximate surface area is 121 Å². The summed E-state index contributed by atoms with van der Waals surface area (Å²) < 4.78 is 24.0. The maximum atomic E-state index is 11.6. The molecule has 2 N–H and O–H groups in total. The zero-order valence-electron chi connectivity index (χ0n) is 10.7. The van der Waals surface area contributed by atoms with Crippen LogP contribution in [0.5, 0.6) is 0 Å². The van der Waals surface area contributed by atoms with E-state index in [-0.39, 0.29) is 11.8 Å². The summed E-state index contributed by atoms with van der Waals surface area (Å²) in [7, 11) is -2.92. The molecule has 0 saturated carbocycles. The van der Waals surface area contributed by atoms with Crippen LogP contribution in [0.25, 0.3) is 0 Å². The second-order valence-electron chi connectivity index (χ2n) is 4.52. The van der Waals surface area contributed by atoms with Gasteiger partial charge >= 0.3 is 0 Å². The van der Waals surface area contributed by atoms with E-state index < -0.39 is 9.84 Å². The smallest absolute Gasteiger partial charge is 0.224 e. The number of hydrogen-bond donors (Lipinski definition) is 2. The van der Waals surface area contributed by atoms with Gasteiger partial charge in [0.15, 0.2) is 9.84 Å². The highest BCUT2D eigenvalue weighted by Gasteiger charge is 2.25. The molecule has 1 fully saturated rings. The molecule has 1 unspecified atom stereocenters. The maximum Gasteiger partial charge on any atom is 0.224 e. The van der Waals surface area contributed by atoms with Crippen LogP contribution < -0.4 is 10.6 Å². The summed E-state index contributed by atoms with van der Waals surface area (Å²) in [6.45, 7) is 2.70. The normalized spacial score (nSPS) is 21.9. The molecule has 8 heteroatoms. The Hall–Kier alpha value is -0.890. The summed E-state index contributed by atoms with van der Waals surface area (Å²) in [6.07, 6.45) is 3.19. The number of halogens is 1. The van der Waals surface area contributed by atoms with Crippen LogP contribution in [0.3, 0.4) is 0 Å². The predicted molar refractivity (Wildman–Crippen MR) is 79.2 cm³/mol. The first-order valence-electron chi connectivity index (χ1n) is 6.23. The summed E-state index contributed by atoms with van der Waals surface area (Å²) in [4.78, 5) is 8.45. The third-order valence-corrected chi connectivity index (χ3v) is 5.28. The highest BCUT2D eigenvalue weighted by Crippen LogP contribution is 2.23. The molecule has 0 bridgehead atoms. The first kappa shape index (κ1) is 14.5. The molecule has 1 aliphatic heterocycles. The zero-order valence-corrected chi connectivity index (χ0v) is 13.1. The molecule has 1 aliphatic rings. The van der Waals surface area contributed by atoms with Crippen LogP contribution >= 0.6 is 15.9 Å². The predicted octanol–water partition coefficient (Wildman–Crippen LogP) is 1.66.